The lowest BCUT2D eigenvalue weighted by molar-refractivity contribution is -0.122. The maximum atomic E-state index is 11.2. The van der Waals surface area contributed by atoms with Gasteiger partial charge in [-0.1, -0.05) is 0 Å². The van der Waals surface area contributed by atoms with Gasteiger partial charge in [0.2, 0.25) is 5.91 Å². The summed E-state index contributed by atoms with van der Waals surface area (Å²) in [6, 6.07) is -0.0575. The molecule has 0 aromatic heterocycles. The third-order valence-corrected chi connectivity index (χ3v) is 1.86. The van der Waals surface area contributed by atoms with Crippen LogP contribution in [0.5, 0.6) is 0 Å². The van der Waals surface area contributed by atoms with Crippen molar-refractivity contribution >= 4 is 11.7 Å². The van der Waals surface area contributed by atoms with Gasteiger partial charge in [0.25, 0.3) is 0 Å². The van der Waals surface area contributed by atoms with Gasteiger partial charge in [0.05, 0.1) is 0 Å². The topological polar surface area (TPSA) is 72.2 Å². The van der Waals surface area contributed by atoms with Crippen LogP contribution >= 0.6 is 0 Å². The lowest BCUT2D eigenvalue weighted by Crippen LogP contribution is -2.33. The zero-order chi connectivity index (χ0) is 11.0. The summed E-state index contributed by atoms with van der Waals surface area (Å²) in [6.07, 6.45) is 2.59. The van der Waals surface area contributed by atoms with E-state index in [0.717, 1.165) is 12.8 Å². The van der Waals surface area contributed by atoms with Gasteiger partial charge in [0, 0.05) is 18.9 Å². The molecule has 0 aliphatic carbocycles. The number of hydrogen-bond acceptors (Lipinski definition) is 3. The standard InChI is InChI=1S/C10H20N2O2/c1-8(7-9(2)13)12-10(14)5-3-4-6-11/h8H,3-7,11H2,1-2H3,(H,12,14). The molecule has 0 rings (SSSR count). The van der Waals surface area contributed by atoms with Crippen LogP contribution in [0.15, 0.2) is 0 Å². The summed E-state index contributed by atoms with van der Waals surface area (Å²) in [7, 11) is 0. The van der Waals surface area contributed by atoms with Gasteiger partial charge >= 0.3 is 0 Å². The van der Waals surface area contributed by atoms with Crippen LogP contribution in [0.1, 0.15) is 39.5 Å². The molecule has 0 fully saturated rings. The molecule has 4 nitrogen and oxygen atoms in total. The maximum Gasteiger partial charge on any atom is 0.220 e. The van der Waals surface area contributed by atoms with E-state index in [4.69, 9.17) is 5.73 Å². The first kappa shape index (κ1) is 13.1. The van der Waals surface area contributed by atoms with E-state index in [2.05, 4.69) is 5.32 Å². The average molecular weight is 200 g/mol. The van der Waals surface area contributed by atoms with Crippen molar-refractivity contribution in [2.75, 3.05) is 6.54 Å². The fourth-order valence-electron chi connectivity index (χ4n) is 1.26. The minimum Gasteiger partial charge on any atom is -0.353 e. The molecule has 82 valence electrons. The summed E-state index contributed by atoms with van der Waals surface area (Å²) in [5.74, 6) is 0.104. The van der Waals surface area contributed by atoms with Crippen molar-refractivity contribution in [1.82, 2.24) is 5.32 Å². The number of amides is 1. The third kappa shape index (κ3) is 7.73. The third-order valence-electron chi connectivity index (χ3n) is 1.86. The predicted molar refractivity (Wildman–Crippen MR) is 55.8 cm³/mol. The van der Waals surface area contributed by atoms with E-state index in [-0.39, 0.29) is 17.7 Å². The Balaban J connectivity index is 3.55. The van der Waals surface area contributed by atoms with Gasteiger partial charge in [-0.15, -0.1) is 0 Å². The zero-order valence-corrected chi connectivity index (χ0v) is 9.01. The molecule has 0 aromatic rings. The Morgan fingerprint density at radius 1 is 1.36 bits per heavy atom. The minimum atomic E-state index is -0.0575. The summed E-state index contributed by atoms with van der Waals surface area (Å²) in [6.45, 7) is 3.98. The normalized spacial score (nSPS) is 12.2. The number of nitrogens with two attached hydrogens (primary N) is 1. The Hall–Kier alpha value is -0.900. The predicted octanol–water partition coefficient (Wildman–Crippen LogP) is 0.599. The van der Waals surface area contributed by atoms with Crippen molar-refractivity contribution in [2.24, 2.45) is 5.73 Å². The highest BCUT2D eigenvalue weighted by molar-refractivity contribution is 5.79. The van der Waals surface area contributed by atoms with Gasteiger partial charge in [-0.05, 0) is 33.2 Å². The smallest absolute Gasteiger partial charge is 0.220 e. The summed E-state index contributed by atoms with van der Waals surface area (Å²) < 4.78 is 0. The van der Waals surface area contributed by atoms with Crippen LogP contribution in [-0.4, -0.2) is 24.3 Å². The maximum absolute atomic E-state index is 11.2. The quantitative estimate of drug-likeness (QED) is 0.591. The van der Waals surface area contributed by atoms with Crippen molar-refractivity contribution in [3.05, 3.63) is 0 Å². The molecule has 1 atom stereocenters. The molecule has 0 aliphatic heterocycles. The molecule has 4 heteroatoms. The van der Waals surface area contributed by atoms with Crippen LogP contribution in [0.25, 0.3) is 0 Å². The highest BCUT2D eigenvalue weighted by atomic mass is 16.1. The Morgan fingerprint density at radius 3 is 2.50 bits per heavy atom. The second-order valence-electron chi connectivity index (χ2n) is 3.62. The van der Waals surface area contributed by atoms with E-state index >= 15 is 0 Å². The number of carbonyl (C=O) groups is 2. The van der Waals surface area contributed by atoms with Gasteiger partial charge < -0.3 is 11.1 Å². The van der Waals surface area contributed by atoms with Crippen LogP contribution in [0.4, 0.5) is 0 Å². The number of unbranched alkanes of at least 4 members (excludes halogenated alkanes) is 1. The summed E-state index contributed by atoms with van der Waals surface area (Å²) in [5.41, 5.74) is 5.31. The first-order valence-electron chi connectivity index (χ1n) is 5.05. The van der Waals surface area contributed by atoms with E-state index in [1.807, 2.05) is 6.92 Å². The number of carbonyl (C=O) groups excluding carboxylic acids is 2. The molecule has 0 bridgehead atoms. The van der Waals surface area contributed by atoms with Crippen molar-refractivity contribution in [3.63, 3.8) is 0 Å². The van der Waals surface area contributed by atoms with Gasteiger partial charge in [0.1, 0.15) is 5.78 Å². The lowest BCUT2D eigenvalue weighted by atomic mass is 10.1. The second kappa shape index (κ2) is 7.50. The van der Waals surface area contributed by atoms with Crippen LogP contribution in [-0.2, 0) is 9.59 Å². The summed E-state index contributed by atoms with van der Waals surface area (Å²) in [5, 5.41) is 2.77. The van der Waals surface area contributed by atoms with Crippen LogP contribution in [0, 0.1) is 0 Å². The number of rotatable bonds is 7. The SMILES string of the molecule is CC(=O)CC(C)NC(=O)CCCCN. The summed E-state index contributed by atoms with van der Waals surface area (Å²) in [4.78, 5) is 22.0. The molecule has 3 N–H and O–H groups in total. The van der Waals surface area contributed by atoms with Crippen molar-refractivity contribution in [1.29, 1.82) is 0 Å². The van der Waals surface area contributed by atoms with E-state index in [9.17, 15) is 9.59 Å². The lowest BCUT2D eigenvalue weighted by Gasteiger charge is -2.11. The molecule has 1 amide bonds. The highest BCUT2D eigenvalue weighted by Crippen LogP contribution is 1.96. The van der Waals surface area contributed by atoms with Gasteiger partial charge in [-0.25, -0.2) is 0 Å². The molecule has 0 aromatic carbocycles. The van der Waals surface area contributed by atoms with Crippen LogP contribution in [0.3, 0.4) is 0 Å². The Morgan fingerprint density at radius 2 is 2.00 bits per heavy atom. The van der Waals surface area contributed by atoms with Gasteiger partial charge in [-0.2, -0.15) is 0 Å². The molecular formula is C10H20N2O2. The van der Waals surface area contributed by atoms with Crippen molar-refractivity contribution < 1.29 is 9.59 Å². The molecule has 0 heterocycles. The van der Waals surface area contributed by atoms with Gasteiger partial charge in [-0.3, -0.25) is 9.59 Å². The van der Waals surface area contributed by atoms with Crippen molar-refractivity contribution in [3.8, 4) is 0 Å². The van der Waals surface area contributed by atoms with Crippen molar-refractivity contribution in [2.45, 2.75) is 45.6 Å². The van der Waals surface area contributed by atoms with E-state index < -0.39 is 0 Å². The highest BCUT2D eigenvalue weighted by Gasteiger charge is 2.08. The number of nitrogens with one attached hydrogen (secondary N) is 1. The monoisotopic (exact) mass is 200 g/mol. The Kier molecular flexibility index (Phi) is 7.02. The molecule has 0 saturated carbocycles. The fraction of sp³-hybridized carbons (Fsp3) is 0.800. The van der Waals surface area contributed by atoms with E-state index in [0.29, 0.717) is 19.4 Å². The molecular weight excluding hydrogens is 180 g/mol. The number of hydrogen-bond donors (Lipinski definition) is 2. The zero-order valence-electron chi connectivity index (χ0n) is 9.01. The Labute approximate surface area is 85.2 Å². The number of ketones is 1. The number of Topliss-reactive ketones (excluding diaryl/α,β-unsaturated/α-hetero) is 1. The molecule has 0 aliphatic rings. The van der Waals surface area contributed by atoms with Crippen LogP contribution in [0.2, 0.25) is 0 Å². The largest absolute Gasteiger partial charge is 0.353 e. The second-order valence-corrected chi connectivity index (χ2v) is 3.62. The first-order valence-corrected chi connectivity index (χ1v) is 5.05. The van der Waals surface area contributed by atoms with Crippen LogP contribution < -0.4 is 11.1 Å². The molecule has 1 unspecified atom stereocenters. The molecule has 0 saturated heterocycles. The van der Waals surface area contributed by atoms with E-state index in [1.54, 1.807) is 0 Å². The average Bonchev–Trinajstić information content (AvgIpc) is 2.02. The minimum absolute atomic E-state index is 0.00667. The molecule has 14 heavy (non-hydrogen) atoms. The molecule has 0 radical (unpaired) electrons. The summed E-state index contributed by atoms with van der Waals surface area (Å²) >= 11 is 0. The van der Waals surface area contributed by atoms with E-state index in [1.165, 1.54) is 6.92 Å². The Bertz CT molecular complexity index is 193. The fourth-order valence-corrected chi connectivity index (χ4v) is 1.26. The van der Waals surface area contributed by atoms with Gasteiger partial charge in [0.15, 0.2) is 0 Å². The molecule has 0 spiro atoms. The first-order chi connectivity index (χ1) is 6.56.